The lowest BCUT2D eigenvalue weighted by molar-refractivity contribution is -0.119. The highest BCUT2D eigenvalue weighted by Crippen LogP contribution is 2.21. The van der Waals surface area contributed by atoms with Gasteiger partial charge in [0.1, 0.15) is 0 Å². The van der Waals surface area contributed by atoms with Crippen LogP contribution in [0.1, 0.15) is 6.92 Å². The third kappa shape index (κ3) is 3.64. The molecule has 0 bridgehead atoms. The van der Waals surface area contributed by atoms with Gasteiger partial charge in [-0.3, -0.25) is 10.2 Å². The van der Waals surface area contributed by atoms with Crippen molar-refractivity contribution in [2.45, 2.75) is 11.8 Å². The molecule has 0 atom stereocenters. The molecule has 88 valence electrons. The van der Waals surface area contributed by atoms with Gasteiger partial charge in [0.25, 0.3) is 10.0 Å². The first-order chi connectivity index (χ1) is 7.31. The second-order valence-electron chi connectivity index (χ2n) is 2.89. The zero-order valence-corrected chi connectivity index (χ0v) is 10.4. The summed E-state index contributed by atoms with van der Waals surface area (Å²) in [5.74, 6) is -0.531. The number of sulfonamides is 1. The highest BCUT2D eigenvalue weighted by Gasteiger charge is 2.15. The molecule has 0 saturated heterocycles. The molecule has 0 unspecified atom stereocenters. The number of amides is 1. The van der Waals surface area contributed by atoms with Crippen molar-refractivity contribution in [3.63, 3.8) is 0 Å². The van der Waals surface area contributed by atoms with E-state index in [0.717, 1.165) is 0 Å². The van der Waals surface area contributed by atoms with Crippen LogP contribution in [0.2, 0.25) is 10.0 Å². The van der Waals surface area contributed by atoms with Crippen molar-refractivity contribution >= 4 is 39.1 Å². The van der Waals surface area contributed by atoms with E-state index < -0.39 is 15.9 Å². The molecule has 5 nitrogen and oxygen atoms in total. The molecule has 1 aromatic carbocycles. The first kappa shape index (κ1) is 13.2. The zero-order chi connectivity index (χ0) is 12.3. The summed E-state index contributed by atoms with van der Waals surface area (Å²) in [5.41, 5.74) is 1.96. The lowest BCUT2D eigenvalue weighted by atomic mass is 10.4. The fourth-order valence-electron chi connectivity index (χ4n) is 0.882. The Morgan fingerprint density at radius 1 is 1.19 bits per heavy atom. The quantitative estimate of drug-likeness (QED) is 0.821. The minimum Gasteiger partial charge on any atom is -0.278 e. The van der Waals surface area contributed by atoms with Crippen LogP contribution in [0.4, 0.5) is 0 Å². The fourth-order valence-corrected chi connectivity index (χ4v) is 2.50. The van der Waals surface area contributed by atoms with Crippen LogP contribution in [0.5, 0.6) is 0 Å². The largest absolute Gasteiger partial charge is 0.278 e. The van der Waals surface area contributed by atoms with Gasteiger partial charge in [0.05, 0.1) is 4.90 Å². The maximum Gasteiger partial charge on any atom is 0.257 e. The fraction of sp³-hybridized carbons (Fsp3) is 0.125. The van der Waals surface area contributed by atoms with E-state index in [1.165, 1.54) is 25.1 Å². The molecule has 0 saturated carbocycles. The zero-order valence-electron chi connectivity index (χ0n) is 8.12. The summed E-state index contributed by atoms with van der Waals surface area (Å²) in [6.45, 7) is 1.17. The Hall–Kier alpha value is -0.820. The van der Waals surface area contributed by atoms with Crippen molar-refractivity contribution in [2.75, 3.05) is 0 Å². The van der Waals surface area contributed by atoms with Crippen LogP contribution >= 0.6 is 23.2 Å². The third-order valence-corrected chi connectivity index (χ3v) is 3.17. The predicted octanol–water partition coefficient (Wildman–Crippen LogP) is 1.32. The van der Waals surface area contributed by atoms with Crippen molar-refractivity contribution in [3.05, 3.63) is 28.2 Å². The summed E-state index contributed by atoms with van der Waals surface area (Å²) in [6, 6.07) is 3.84. The minimum atomic E-state index is -3.85. The molecule has 1 rings (SSSR count). The molecule has 0 heterocycles. The van der Waals surface area contributed by atoms with Crippen molar-refractivity contribution in [2.24, 2.45) is 0 Å². The standard InChI is InChI=1S/C8H8Cl2N2O3S/c1-5(13)11-12-16(14,15)8-3-6(9)2-7(10)4-8/h2-4,12H,1H3,(H,11,13). The van der Waals surface area contributed by atoms with Gasteiger partial charge in [0.15, 0.2) is 0 Å². The van der Waals surface area contributed by atoms with Crippen molar-refractivity contribution < 1.29 is 13.2 Å². The lowest BCUT2D eigenvalue weighted by Crippen LogP contribution is -2.40. The van der Waals surface area contributed by atoms with Crippen LogP contribution in [-0.4, -0.2) is 14.3 Å². The molecular weight excluding hydrogens is 275 g/mol. The SMILES string of the molecule is CC(=O)NNS(=O)(=O)c1cc(Cl)cc(Cl)c1. The summed E-state index contributed by atoms with van der Waals surface area (Å²) < 4.78 is 23.2. The number of carbonyl (C=O) groups is 1. The van der Waals surface area contributed by atoms with E-state index in [2.05, 4.69) is 0 Å². The van der Waals surface area contributed by atoms with Gasteiger partial charge in [-0.2, -0.15) is 0 Å². The van der Waals surface area contributed by atoms with E-state index in [-0.39, 0.29) is 14.9 Å². The van der Waals surface area contributed by atoms with Gasteiger partial charge in [-0.1, -0.05) is 23.2 Å². The smallest absolute Gasteiger partial charge is 0.257 e. The van der Waals surface area contributed by atoms with Gasteiger partial charge in [-0.05, 0) is 18.2 Å². The molecule has 1 amide bonds. The molecule has 0 aliphatic carbocycles. The van der Waals surface area contributed by atoms with Crippen LogP contribution in [-0.2, 0) is 14.8 Å². The number of rotatable bonds is 3. The van der Waals surface area contributed by atoms with Gasteiger partial charge in [0.2, 0.25) is 5.91 Å². The Kier molecular flexibility index (Phi) is 4.15. The number of carbonyl (C=O) groups excluding carboxylic acids is 1. The van der Waals surface area contributed by atoms with Crippen LogP contribution in [0.3, 0.4) is 0 Å². The van der Waals surface area contributed by atoms with E-state index in [1.807, 2.05) is 10.3 Å². The number of nitrogens with one attached hydrogen (secondary N) is 2. The minimum absolute atomic E-state index is 0.126. The first-order valence-electron chi connectivity index (χ1n) is 4.06. The highest BCUT2D eigenvalue weighted by molar-refractivity contribution is 7.89. The monoisotopic (exact) mass is 282 g/mol. The summed E-state index contributed by atoms with van der Waals surface area (Å²) in [5, 5.41) is 0.381. The van der Waals surface area contributed by atoms with Crippen LogP contribution < -0.4 is 10.3 Å². The van der Waals surface area contributed by atoms with E-state index in [4.69, 9.17) is 23.2 Å². The Balaban J connectivity index is 3.02. The number of hydrogen-bond acceptors (Lipinski definition) is 3. The van der Waals surface area contributed by atoms with Gasteiger partial charge < -0.3 is 0 Å². The molecule has 16 heavy (non-hydrogen) atoms. The van der Waals surface area contributed by atoms with Crippen molar-refractivity contribution in [1.29, 1.82) is 0 Å². The Labute approximate surface area is 103 Å². The molecule has 0 aliphatic rings. The molecule has 0 radical (unpaired) electrons. The molecular formula is C8H8Cl2N2O3S. The van der Waals surface area contributed by atoms with Crippen LogP contribution in [0.25, 0.3) is 0 Å². The first-order valence-corrected chi connectivity index (χ1v) is 6.29. The van der Waals surface area contributed by atoms with Gasteiger partial charge in [-0.15, -0.1) is 4.83 Å². The third-order valence-electron chi connectivity index (χ3n) is 1.51. The van der Waals surface area contributed by atoms with Crippen molar-refractivity contribution in [1.82, 2.24) is 10.3 Å². The molecule has 0 spiro atoms. The number of hydrazine groups is 1. The normalized spacial score (nSPS) is 11.2. The summed E-state index contributed by atoms with van der Waals surface area (Å²) in [6.07, 6.45) is 0. The van der Waals surface area contributed by atoms with Gasteiger partial charge in [0, 0.05) is 17.0 Å². The maximum atomic E-state index is 11.6. The molecule has 2 N–H and O–H groups in total. The Morgan fingerprint density at radius 3 is 2.12 bits per heavy atom. The van der Waals surface area contributed by atoms with Crippen LogP contribution in [0.15, 0.2) is 23.1 Å². The molecule has 1 aromatic rings. The Morgan fingerprint density at radius 2 is 1.69 bits per heavy atom. The number of halogens is 2. The van der Waals surface area contributed by atoms with E-state index in [1.54, 1.807) is 0 Å². The molecule has 0 aliphatic heterocycles. The second kappa shape index (κ2) is 5.01. The maximum absolute atomic E-state index is 11.6. The van der Waals surface area contributed by atoms with E-state index in [9.17, 15) is 13.2 Å². The van der Waals surface area contributed by atoms with Gasteiger partial charge >= 0.3 is 0 Å². The summed E-state index contributed by atoms with van der Waals surface area (Å²) in [4.78, 5) is 12.3. The van der Waals surface area contributed by atoms with Gasteiger partial charge in [-0.25, -0.2) is 8.42 Å². The average Bonchev–Trinajstić information content (AvgIpc) is 2.13. The van der Waals surface area contributed by atoms with Crippen molar-refractivity contribution in [3.8, 4) is 0 Å². The molecule has 0 fully saturated rings. The Bertz CT molecular complexity index is 496. The summed E-state index contributed by atoms with van der Waals surface area (Å²) >= 11 is 11.3. The second-order valence-corrected chi connectivity index (χ2v) is 5.45. The van der Waals surface area contributed by atoms with E-state index >= 15 is 0 Å². The highest BCUT2D eigenvalue weighted by atomic mass is 35.5. The summed E-state index contributed by atoms with van der Waals surface area (Å²) in [7, 11) is -3.85. The number of hydrogen-bond donors (Lipinski definition) is 2. The lowest BCUT2D eigenvalue weighted by Gasteiger charge is -2.07. The predicted molar refractivity (Wildman–Crippen MR) is 60.6 cm³/mol. The topological polar surface area (TPSA) is 75.3 Å². The average molecular weight is 283 g/mol. The van der Waals surface area contributed by atoms with Crippen LogP contribution in [0, 0.1) is 0 Å². The molecule has 0 aromatic heterocycles. The number of benzene rings is 1. The van der Waals surface area contributed by atoms with E-state index in [0.29, 0.717) is 0 Å². The molecule has 8 heteroatoms.